The zero-order valence-corrected chi connectivity index (χ0v) is 16.5. The number of aliphatic hydroxyl groups is 1. The van der Waals surface area contributed by atoms with E-state index in [9.17, 15) is 24.2 Å². The number of aromatic carboxylic acids is 1. The Morgan fingerprint density at radius 2 is 2.19 bits per heavy atom. The van der Waals surface area contributed by atoms with Crippen molar-refractivity contribution in [1.29, 1.82) is 0 Å². The van der Waals surface area contributed by atoms with Crippen LogP contribution in [0.15, 0.2) is 17.1 Å². The molecule has 1 saturated heterocycles. The molecule has 0 spiro atoms. The number of halogens is 1. The van der Waals surface area contributed by atoms with Crippen LogP contribution in [-0.2, 0) is 0 Å². The Labute approximate surface area is 170 Å². The molecule has 132 valence electrons. The minimum atomic E-state index is -1.59. The molecule has 4 rings (SSSR count). The smallest absolute Gasteiger partial charge is 0.545 e. The van der Waals surface area contributed by atoms with Gasteiger partial charge in [-0.2, -0.15) is 0 Å². The van der Waals surface area contributed by atoms with Crippen molar-refractivity contribution in [2.24, 2.45) is 0 Å². The van der Waals surface area contributed by atoms with Crippen LogP contribution in [0.3, 0.4) is 0 Å². The third-order valence-corrected chi connectivity index (χ3v) is 4.84. The van der Waals surface area contributed by atoms with Crippen molar-refractivity contribution in [3.63, 3.8) is 0 Å². The van der Waals surface area contributed by atoms with Gasteiger partial charge in [0.1, 0.15) is 12.3 Å². The molecular weight excluding hydrogens is 354 g/mol. The van der Waals surface area contributed by atoms with E-state index in [0.717, 1.165) is 6.07 Å². The molecule has 26 heavy (non-hydrogen) atoms. The van der Waals surface area contributed by atoms with E-state index in [4.69, 9.17) is 4.74 Å². The molecule has 0 radical (unpaired) electrons. The van der Waals surface area contributed by atoms with Crippen LogP contribution < -0.4 is 49.7 Å². The van der Waals surface area contributed by atoms with Crippen LogP contribution in [0.5, 0.6) is 5.75 Å². The summed E-state index contributed by atoms with van der Waals surface area (Å²) in [7, 11) is 0. The Kier molecular flexibility index (Phi) is 5.04. The normalized spacial score (nSPS) is 21.4. The number of aromatic nitrogens is 1. The zero-order chi connectivity index (χ0) is 17.9. The van der Waals surface area contributed by atoms with Crippen LogP contribution >= 0.6 is 0 Å². The van der Waals surface area contributed by atoms with Crippen LogP contribution in [-0.4, -0.2) is 41.4 Å². The number of carboxylic acids is 1. The average molecular weight is 370 g/mol. The molecule has 0 unspecified atom stereocenters. The molecule has 2 aliphatic rings. The quantitative estimate of drug-likeness (QED) is 0.568. The number of aliphatic hydroxyl groups excluding tert-OH is 1. The van der Waals surface area contributed by atoms with Crippen molar-refractivity contribution in [2.75, 3.05) is 24.6 Å². The van der Waals surface area contributed by atoms with E-state index in [1.807, 2.05) is 6.92 Å². The summed E-state index contributed by atoms with van der Waals surface area (Å²) in [6.07, 6.45) is 1.20. The standard InChI is InChI=1S/C17H17FN2O5.Na/c1-8-7-25-16-13-10(15(22)11(17(23)24)6-20(8)13)4-12(18)14(16)19-3-2-9(21)5-19;/h4,6,8-9,21H,2-3,5,7H2,1H3,(H,23,24);/q;+1/p-1/t8-,9-;/m0./s1. The molecule has 1 N–H and O–H groups in total. The molecule has 2 aliphatic heterocycles. The first-order valence-corrected chi connectivity index (χ1v) is 8.07. The Bertz CT molecular complexity index is 961. The number of pyridine rings is 1. The molecule has 1 fully saturated rings. The second-order valence-corrected chi connectivity index (χ2v) is 6.55. The van der Waals surface area contributed by atoms with Crippen LogP contribution in [0.1, 0.15) is 29.7 Å². The summed E-state index contributed by atoms with van der Waals surface area (Å²) in [5.74, 6) is -2.06. The van der Waals surface area contributed by atoms with Gasteiger partial charge >= 0.3 is 29.6 Å². The molecule has 3 heterocycles. The van der Waals surface area contributed by atoms with Gasteiger partial charge in [-0.05, 0) is 19.4 Å². The van der Waals surface area contributed by atoms with E-state index < -0.39 is 28.9 Å². The Morgan fingerprint density at radius 1 is 1.46 bits per heavy atom. The maximum atomic E-state index is 14.8. The van der Waals surface area contributed by atoms with E-state index in [0.29, 0.717) is 18.5 Å². The number of carboxylic acid groups (broad SMARTS) is 1. The Morgan fingerprint density at radius 3 is 2.81 bits per heavy atom. The number of carbonyl (C=O) groups excluding carboxylic acids is 1. The maximum absolute atomic E-state index is 14.8. The van der Waals surface area contributed by atoms with E-state index >= 15 is 0 Å². The monoisotopic (exact) mass is 370 g/mol. The fourth-order valence-corrected chi connectivity index (χ4v) is 3.60. The number of hydrogen-bond donors (Lipinski definition) is 1. The summed E-state index contributed by atoms with van der Waals surface area (Å²) < 4.78 is 22.2. The third-order valence-electron chi connectivity index (χ3n) is 4.84. The maximum Gasteiger partial charge on any atom is 1.00 e. The van der Waals surface area contributed by atoms with Crippen LogP contribution in [0.4, 0.5) is 10.1 Å². The second-order valence-electron chi connectivity index (χ2n) is 6.55. The van der Waals surface area contributed by atoms with Gasteiger partial charge in [0.15, 0.2) is 17.0 Å². The number of ether oxygens (including phenoxy) is 1. The summed E-state index contributed by atoms with van der Waals surface area (Å²) in [6, 6.07) is 0.821. The molecule has 2 atom stereocenters. The van der Waals surface area contributed by atoms with E-state index in [2.05, 4.69) is 0 Å². The zero-order valence-electron chi connectivity index (χ0n) is 14.5. The third kappa shape index (κ3) is 2.81. The van der Waals surface area contributed by atoms with Gasteiger partial charge in [0.2, 0.25) is 0 Å². The van der Waals surface area contributed by atoms with E-state index in [1.165, 1.54) is 6.20 Å². The number of carbonyl (C=O) groups is 1. The molecule has 0 saturated carbocycles. The first kappa shape index (κ1) is 19.2. The van der Waals surface area contributed by atoms with Crippen molar-refractivity contribution in [3.05, 3.63) is 33.9 Å². The van der Waals surface area contributed by atoms with Crippen LogP contribution in [0.2, 0.25) is 0 Å². The van der Waals surface area contributed by atoms with E-state index in [1.54, 1.807) is 9.47 Å². The van der Waals surface area contributed by atoms with Crippen molar-refractivity contribution in [3.8, 4) is 5.75 Å². The fourth-order valence-electron chi connectivity index (χ4n) is 3.60. The predicted octanol–water partition coefficient (Wildman–Crippen LogP) is -2.97. The molecule has 1 aromatic carbocycles. The SMILES string of the molecule is C[C@H]1COc2c(N3CC[C@H](O)C3)c(F)cc3c(=O)c(C(=O)[O-])cn1c23.[Na+]. The first-order chi connectivity index (χ1) is 11.9. The van der Waals surface area contributed by atoms with Gasteiger partial charge in [-0.15, -0.1) is 0 Å². The second kappa shape index (κ2) is 6.84. The van der Waals surface area contributed by atoms with Crippen molar-refractivity contribution in [1.82, 2.24) is 4.57 Å². The van der Waals surface area contributed by atoms with Gasteiger partial charge in [0, 0.05) is 19.3 Å². The van der Waals surface area contributed by atoms with Gasteiger partial charge in [0.25, 0.3) is 0 Å². The van der Waals surface area contributed by atoms with Crippen molar-refractivity contribution < 1.29 is 53.7 Å². The molecule has 0 aliphatic carbocycles. The summed E-state index contributed by atoms with van der Waals surface area (Å²) in [5, 5.41) is 21.0. The molecule has 2 aromatic rings. The van der Waals surface area contributed by atoms with E-state index in [-0.39, 0.29) is 65.6 Å². The van der Waals surface area contributed by atoms with Crippen molar-refractivity contribution in [2.45, 2.75) is 25.5 Å². The van der Waals surface area contributed by atoms with Crippen LogP contribution in [0.25, 0.3) is 10.9 Å². The number of benzene rings is 1. The average Bonchev–Trinajstić information content (AvgIpc) is 2.98. The number of nitrogens with zero attached hydrogens (tertiary/aromatic N) is 2. The summed E-state index contributed by atoms with van der Waals surface area (Å²) in [6.45, 7) is 2.77. The number of β-amino-alcohol motifs (C(OH)–C–C–N with tert-alkyl or cyclic N) is 1. The summed E-state index contributed by atoms with van der Waals surface area (Å²) >= 11 is 0. The van der Waals surface area contributed by atoms with Gasteiger partial charge in [-0.25, -0.2) is 4.39 Å². The minimum Gasteiger partial charge on any atom is -0.545 e. The summed E-state index contributed by atoms with van der Waals surface area (Å²) in [4.78, 5) is 25.4. The topological polar surface area (TPSA) is 94.8 Å². The molecular formula is C17H16FN2NaO5. The molecule has 0 amide bonds. The van der Waals surface area contributed by atoms with Gasteiger partial charge in [-0.1, -0.05) is 0 Å². The molecule has 7 nitrogen and oxygen atoms in total. The number of rotatable bonds is 2. The van der Waals surface area contributed by atoms with Gasteiger partial charge < -0.3 is 29.2 Å². The van der Waals surface area contributed by atoms with Crippen molar-refractivity contribution >= 4 is 22.6 Å². The summed E-state index contributed by atoms with van der Waals surface area (Å²) in [5.41, 5.74) is -0.732. The van der Waals surface area contributed by atoms with Gasteiger partial charge in [0.05, 0.1) is 34.6 Å². The van der Waals surface area contributed by atoms with Gasteiger partial charge in [-0.3, -0.25) is 4.79 Å². The Hall–Kier alpha value is -1.61. The van der Waals surface area contributed by atoms with Crippen LogP contribution in [0, 0.1) is 5.82 Å². The number of anilines is 1. The molecule has 0 bridgehead atoms. The number of hydrogen-bond acceptors (Lipinski definition) is 6. The predicted molar refractivity (Wildman–Crippen MR) is 85.5 cm³/mol. The largest absolute Gasteiger partial charge is 1.00 e. The first-order valence-electron chi connectivity index (χ1n) is 8.07. The molecule has 1 aromatic heterocycles. The molecule has 9 heteroatoms. The fraction of sp³-hybridized carbons (Fsp3) is 0.412. The Balaban J connectivity index is 0.00000196. The minimum absolute atomic E-state index is 0.